The number of amides is 3. The fourth-order valence-corrected chi connectivity index (χ4v) is 3.72. The monoisotopic (exact) mass is 268 g/mol. The van der Waals surface area contributed by atoms with Gasteiger partial charge in [0, 0.05) is 19.0 Å². The van der Waals surface area contributed by atoms with Crippen molar-refractivity contribution in [2.45, 2.75) is 31.7 Å². The highest BCUT2D eigenvalue weighted by molar-refractivity contribution is 8.14. The Kier molecular flexibility index (Phi) is 3.05. The zero-order valence-electron chi connectivity index (χ0n) is 10.1. The van der Waals surface area contributed by atoms with Crippen LogP contribution in [0, 0.1) is 5.92 Å². The molecule has 0 aromatic carbocycles. The Morgan fingerprint density at radius 2 is 1.83 bits per heavy atom. The first-order valence-electron chi connectivity index (χ1n) is 6.44. The summed E-state index contributed by atoms with van der Waals surface area (Å²) >= 11 is 1.06. The molecule has 3 rings (SSSR count). The molecule has 3 amide bonds. The molecule has 1 aliphatic carbocycles. The molecule has 0 unspecified atom stereocenters. The summed E-state index contributed by atoms with van der Waals surface area (Å²) in [7, 11) is 0. The van der Waals surface area contributed by atoms with E-state index in [4.69, 9.17) is 0 Å². The molecule has 0 bridgehead atoms. The van der Waals surface area contributed by atoms with E-state index >= 15 is 0 Å². The largest absolute Gasteiger partial charge is 0.338 e. The van der Waals surface area contributed by atoms with E-state index in [0.717, 1.165) is 37.4 Å². The van der Waals surface area contributed by atoms with Gasteiger partial charge in [0.1, 0.15) is 0 Å². The van der Waals surface area contributed by atoms with E-state index in [0.29, 0.717) is 13.1 Å². The van der Waals surface area contributed by atoms with Gasteiger partial charge in [-0.1, -0.05) is 24.6 Å². The number of nitrogens with zero attached hydrogens (tertiary/aromatic N) is 2. The molecule has 5 nitrogen and oxygen atoms in total. The summed E-state index contributed by atoms with van der Waals surface area (Å²) in [5.74, 6) is 0.551. The van der Waals surface area contributed by atoms with Crippen LogP contribution in [0.2, 0.25) is 0 Å². The minimum Gasteiger partial charge on any atom is -0.338 e. The summed E-state index contributed by atoms with van der Waals surface area (Å²) in [5, 5.41) is -0.155. The van der Waals surface area contributed by atoms with Gasteiger partial charge in [0.2, 0.25) is 11.8 Å². The SMILES string of the molecule is O=C(C1CCCC1)N1CC(N2C(=O)CSC2=O)C1. The molecule has 0 atom stereocenters. The third kappa shape index (κ3) is 1.92. The van der Waals surface area contributed by atoms with E-state index in [9.17, 15) is 14.4 Å². The lowest BCUT2D eigenvalue weighted by atomic mass is 10.0. The zero-order chi connectivity index (χ0) is 12.7. The van der Waals surface area contributed by atoms with Crippen molar-refractivity contribution in [2.75, 3.05) is 18.8 Å². The Hall–Kier alpha value is -1.04. The fourth-order valence-electron chi connectivity index (χ4n) is 2.95. The summed E-state index contributed by atoms with van der Waals surface area (Å²) in [4.78, 5) is 38.3. The Bertz CT molecular complexity index is 384. The van der Waals surface area contributed by atoms with Crippen LogP contribution in [0.1, 0.15) is 25.7 Å². The average Bonchev–Trinajstić information content (AvgIpc) is 2.90. The second-order valence-corrected chi connectivity index (χ2v) is 6.12. The number of rotatable bonds is 2. The van der Waals surface area contributed by atoms with Crippen LogP contribution in [-0.2, 0) is 9.59 Å². The van der Waals surface area contributed by atoms with Crippen LogP contribution in [0.25, 0.3) is 0 Å². The van der Waals surface area contributed by atoms with Crippen molar-refractivity contribution in [3.8, 4) is 0 Å². The first-order valence-corrected chi connectivity index (χ1v) is 7.43. The molecule has 0 aromatic rings. The third-order valence-electron chi connectivity index (χ3n) is 4.03. The molecule has 2 aliphatic heterocycles. The third-order valence-corrected chi connectivity index (χ3v) is 4.86. The molecule has 6 heteroatoms. The first-order chi connectivity index (χ1) is 8.66. The van der Waals surface area contributed by atoms with Gasteiger partial charge in [-0.05, 0) is 12.8 Å². The van der Waals surface area contributed by atoms with Gasteiger partial charge >= 0.3 is 0 Å². The highest BCUT2D eigenvalue weighted by Crippen LogP contribution is 2.31. The lowest BCUT2D eigenvalue weighted by Gasteiger charge is -2.43. The maximum absolute atomic E-state index is 12.1. The normalized spacial score (nSPS) is 26.0. The lowest BCUT2D eigenvalue weighted by molar-refractivity contribution is -0.145. The molecule has 0 N–H and O–H groups in total. The van der Waals surface area contributed by atoms with Crippen molar-refractivity contribution in [1.29, 1.82) is 0 Å². The molecule has 2 heterocycles. The van der Waals surface area contributed by atoms with Crippen LogP contribution in [0.4, 0.5) is 4.79 Å². The van der Waals surface area contributed by atoms with Crippen molar-refractivity contribution < 1.29 is 14.4 Å². The minimum absolute atomic E-state index is 0.0784. The zero-order valence-corrected chi connectivity index (χ0v) is 10.9. The summed E-state index contributed by atoms with van der Waals surface area (Å²) in [6.07, 6.45) is 4.29. The van der Waals surface area contributed by atoms with Gasteiger partial charge in [-0.15, -0.1) is 0 Å². The predicted octanol–water partition coefficient (Wildman–Crippen LogP) is 1.08. The fraction of sp³-hybridized carbons (Fsp3) is 0.750. The van der Waals surface area contributed by atoms with E-state index < -0.39 is 0 Å². The molecule has 2 saturated heterocycles. The maximum Gasteiger partial charge on any atom is 0.289 e. The number of carbonyl (C=O) groups is 3. The second kappa shape index (κ2) is 4.57. The minimum atomic E-state index is -0.155. The second-order valence-electron chi connectivity index (χ2n) is 5.20. The molecule has 0 radical (unpaired) electrons. The lowest BCUT2D eigenvalue weighted by Crippen LogP contribution is -2.62. The molecule has 18 heavy (non-hydrogen) atoms. The van der Waals surface area contributed by atoms with Crippen LogP contribution < -0.4 is 0 Å². The molecule has 3 fully saturated rings. The van der Waals surface area contributed by atoms with Crippen molar-refractivity contribution in [3.05, 3.63) is 0 Å². The summed E-state index contributed by atoms with van der Waals surface area (Å²) < 4.78 is 0. The van der Waals surface area contributed by atoms with E-state index in [1.54, 1.807) is 4.90 Å². The van der Waals surface area contributed by atoms with Crippen LogP contribution >= 0.6 is 11.8 Å². The maximum atomic E-state index is 12.1. The van der Waals surface area contributed by atoms with E-state index in [1.165, 1.54) is 4.90 Å². The van der Waals surface area contributed by atoms with Gasteiger partial charge in [-0.25, -0.2) is 0 Å². The molecule has 3 aliphatic rings. The molecular formula is C12H16N2O3S. The Morgan fingerprint density at radius 3 is 2.39 bits per heavy atom. The summed E-state index contributed by atoms with van der Waals surface area (Å²) in [5.41, 5.74) is 0. The van der Waals surface area contributed by atoms with E-state index in [2.05, 4.69) is 0 Å². The Labute approximate surface area is 110 Å². The van der Waals surface area contributed by atoms with Crippen LogP contribution in [0.5, 0.6) is 0 Å². The molecular weight excluding hydrogens is 252 g/mol. The van der Waals surface area contributed by atoms with Crippen LogP contribution in [0.15, 0.2) is 0 Å². The predicted molar refractivity (Wildman–Crippen MR) is 67.0 cm³/mol. The number of imide groups is 1. The van der Waals surface area contributed by atoms with Crippen LogP contribution in [0.3, 0.4) is 0 Å². The van der Waals surface area contributed by atoms with Gasteiger partial charge < -0.3 is 4.90 Å². The van der Waals surface area contributed by atoms with Gasteiger partial charge in [0.15, 0.2) is 0 Å². The van der Waals surface area contributed by atoms with E-state index in [1.807, 2.05) is 0 Å². The topological polar surface area (TPSA) is 57.7 Å². The van der Waals surface area contributed by atoms with Gasteiger partial charge in [-0.3, -0.25) is 19.3 Å². The Morgan fingerprint density at radius 1 is 1.17 bits per heavy atom. The van der Waals surface area contributed by atoms with Crippen molar-refractivity contribution in [3.63, 3.8) is 0 Å². The highest BCUT2D eigenvalue weighted by atomic mass is 32.2. The number of hydrogen-bond acceptors (Lipinski definition) is 4. The standard InChI is InChI=1S/C12H16N2O3S/c15-10-7-18-12(17)14(10)9-5-13(6-9)11(16)8-3-1-2-4-8/h8-9H,1-7H2. The van der Waals surface area contributed by atoms with Gasteiger partial charge in [0.25, 0.3) is 5.24 Å². The van der Waals surface area contributed by atoms with E-state index in [-0.39, 0.29) is 34.8 Å². The van der Waals surface area contributed by atoms with Crippen molar-refractivity contribution >= 4 is 28.8 Å². The van der Waals surface area contributed by atoms with Crippen LogP contribution in [-0.4, -0.2) is 51.7 Å². The molecule has 0 aromatic heterocycles. The average molecular weight is 268 g/mol. The van der Waals surface area contributed by atoms with Gasteiger partial charge in [0.05, 0.1) is 11.8 Å². The quantitative estimate of drug-likeness (QED) is 0.752. The molecule has 1 saturated carbocycles. The highest BCUT2D eigenvalue weighted by Gasteiger charge is 2.44. The first kappa shape index (κ1) is 12.0. The smallest absolute Gasteiger partial charge is 0.289 e. The Balaban J connectivity index is 1.55. The van der Waals surface area contributed by atoms with Gasteiger partial charge in [-0.2, -0.15) is 0 Å². The molecule has 0 spiro atoms. The summed E-state index contributed by atoms with van der Waals surface area (Å²) in [6, 6.07) is -0.0784. The molecule has 98 valence electrons. The number of hydrogen-bond donors (Lipinski definition) is 0. The van der Waals surface area contributed by atoms with Crippen molar-refractivity contribution in [2.24, 2.45) is 5.92 Å². The van der Waals surface area contributed by atoms with Crippen molar-refractivity contribution in [1.82, 2.24) is 9.80 Å². The summed E-state index contributed by atoms with van der Waals surface area (Å²) in [6.45, 7) is 1.07. The number of thioether (sulfide) groups is 1. The number of carbonyl (C=O) groups excluding carboxylic acids is 3. The number of likely N-dealkylation sites (tertiary alicyclic amines) is 1.